The van der Waals surface area contributed by atoms with Crippen LogP contribution in [0.2, 0.25) is 0 Å². The van der Waals surface area contributed by atoms with E-state index in [1.165, 1.54) is 0 Å². The number of aromatic nitrogens is 2. The van der Waals surface area contributed by atoms with E-state index in [0.717, 1.165) is 12.4 Å². The number of nitrogens with zero attached hydrogens (tertiary/aromatic N) is 2. The second-order valence-corrected chi connectivity index (χ2v) is 4.63. The summed E-state index contributed by atoms with van der Waals surface area (Å²) in [7, 11) is 0. The minimum atomic E-state index is 0.681. The van der Waals surface area contributed by atoms with E-state index in [4.69, 9.17) is 0 Å². The van der Waals surface area contributed by atoms with Crippen LogP contribution in [-0.4, -0.2) is 16.5 Å². The van der Waals surface area contributed by atoms with Gasteiger partial charge in [-0.15, -0.1) is 0 Å². The van der Waals surface area contributed by atoms with Gasteiger partial charge in [-0.25, -0.2) is 9.97 Å². The monoisotopic (exact) mass is 207 g/mol. The average molecular weight is 207 g/mol. The van der Waals surface area contributed by atoms with Crippen LogP contribution >= 0.6 is 0 Å². The van der Waals surface area contributed by atoms with Crippen molar-refractivity contribution in [2.45, 2.75) is 27.7 Å². The molecule has 1 heterocycles. The van der Waals surface area contributed by atoms with Gasteiger partial charge in [-0.2, -0.15) is 0 Å². The van der Waals surface area contributed by atoms with E-state index in [9.17, 15) is 0 Å². The number of anilines is 1. The molecule has 1 aromatic rings. The maximum atomic E-state index is 4.15. The first-order chi connectivity index (χ1) is 7.11. The average Bonchev–Trinajstić information content (AvgIpc) is 2.18. The fourth-order valence-corrected chi connectivity index (χ4v) is 1.86. The van der Waals surface area contributed by atoms with Crippen molar-refractivity contribution in [2.75, 3.05) is 11.9 Å². The van der Waals surface area contributed by atoms with Crippen molar-refractivity contribution >= 4 is 5.82 Å². The van der Waals surface area contributed by atoms with Crippen molar-refractivity contribution in [3.63, 3.8) is 0 Å². The maximum absolute atomic E-state index is 4.15. The third-order valence-electron chi connectivity index (χ3n) is 2.81. The van der Waals surface area contributed by atoms with Crippen LogP contribution in [-0.2, 0) is 0 Å². The van der Waals surface area contributed by atoms with Crippen molar-refractivity contribution in [2.24, 2.45) is 17.8 Å². The summed E-state index contributed by atoms with van der Waals surface area (Å²) in [6.07, 6.45) is 3.33. The van der Waals surface area contributed by atoms with Crippen molar-refractivity contribution in [3.8, 4) is 0 Å². The first-order valence-corrected chi connectivity index (χ1v) is 5.61. The molecule has 0 amide bonds. The molecule has 0 atom stereocenters. The lowest BCUT2D eigenvalue weighted by Crippen LogP contribution is -2.24. The van der Waals surface area contributed by atoms with Gasteiger partial charge in [-0.05, 0) is 23.8 Å². The maximum Gasteiger partial charge on any atom is 0.129 e. The number of rotatable bonds is 5. The molecule has 0 aliphatic heterocycles. The molecule has 0 aliphatic rings. The molecule has 0 saturated heterocycles. The second kappa shape index (κ2) is 5.69. The molecule has 0 saturated carbocycles. The topological polar surface area (TPSA) is 37.8 Å². The van der Waals surface area contributed by atoms with E-state index in [2.05, 4.69) is 43.0 Å². The highest BCUT2D eigenvalue weighted by Gasteiger charge is 2.16. The minimum Gasteiger partial charge on any atom is -0.370 e. The van der Waals surface area contributed by atoms with Crippen molar-refractivity contribution in [1.29, 1.82) is 0 Å². The van der Waals surface area contributed by atoms with Crippen LogP contribution < -0.4 is 5.32 Å². The van der Waals surface area contributed by atoms with Gasteiger partial charge in [0.25, 0.3) is 0 Å². The van der Waals surface area contributed by atoms with Crippen LogP contribution in [0.25, 0.3) is 0 Å². The molecule has 0 aromatic carbocycles. The predicted octanol–water partition coefficient (Wildman–Crippen LogP) is 2.82. The fraction of sp³-hybridized carbons (Fsp3) is 0.667. The lowest BCUT2D eigenvalue weighted by Gasteiger charge is -2.25. The molecule has 1 aromatic heterocycles. The molecule has 15 heavy (non-hydrogen) atoms. The highest BCUT2D eigenvalue weighted by Crippen LogP contribution is 2.20. The molecule has 3 heteroatoms. The zero-order chi connectivity index (χ0) is 11.3. The van der Waals surface area contributed by atoms with Crippen LogP contribution in [0, 0.1) is 17.8 Å². The fourth-order valence-electron chi connectivity index (χ4n) is 1.86. The van der Waals surface area contributed by atoms with E-state index < -0.39 is 0 Å². The van der Waals surface area contributed by atoms with E-state index in [0.29, 0.717) is 17.8 Å². The Labute approximate surface area is 92.3 Å². The molecule has 0 radical (unpaired) electrons. The summed E-state index contributed by atoms with van der Waals surface area (Å²) in [4.78, 5) is 8.04. The number of hydrogen-bond donors (Lipinski definition) is 1. The molecular weight excluding hydrogens is 186 g/mol. The molecule has 1 N–H and O–H groups in total. The lowest BCUT2D eigenvalue weighted by atomic mass is 9.85. The predicted molar refractivity (Wildman–Crippen MR) is 63.7 cm³/mol. The number of nitrogens with one attached hydrogen (secondary N) is 1. The Balaban J connectivity index is 2.47. The summed E-state index contributed by atoms with van der Waals surface area (Å²) in [6.45, 7) is 10.1. The Hall–Kier alpha value is -1.12. The van der Waals surface area contributed by atoms with Gasteiger partial charge in [0.15, 0.2) is 0 Å². The minimum absolute atomic E-state index is 0.681. The summed E-state index contributed by atoms with van der Waals surface area (Å²) in [5.74, 6) is 2.98. The summed E-state index contributed by atoms with van der Waals surface area (Å²) >= 11 is 0. The van der Waals surface area contributed by atoms with E-state index >= 15 is 0 Å². The van der Waals surface area contributed by atoms with E-state index in [1.807, 2.05) is 6.07 Å². The van der Waals surface area contributed by atoms with Crippen LogP contribution in [0.15, 0.2) is 18.6 Å². The van der Waals surface area contributed by atoms with Gasteiger partial charge in [-0.1, -0.05) is 27.7 Å². The highest BCUT2D eigenvalue weighted by molar-refractivity contribution is 5.31. The standard InChI is InChI=1S/C12H21N3/c1-9(2)11(10(3)4)7-14-12-5-6-13-8-15-12/h5-6,8-11H,7H2,1-4H3,(H,13,14,15). The van der Waals surface area contributed by atoms with Crippen molar-refractivity contribution in [1.82, 2.24) is 9.97 Å². The normalized spacial score (nSPS) is 11.4. The SMILES string of the molecule is CC(C)C(CNc1ccncn1)C(C)C. The lowest BCUT2D eigenvalue weighted by molar-refractivity contribution is 0.304. The van der Waals surface area contributed by atoms with Crippen LogP contribution in [0.5, 0.6) is 0 Å². The zero-order valence-electron chi connectivity index (χ0n) is 10.1. The third kappa shape index (κ3) is 3.86. The van der Waals surface area contributed by atoms with Crippen molar-refractivity contribution < 1.29 is 0 Å². The first kappa shape index (κ1) is 12.0. The van der Waals surface area contributed by atoms with Gasteiger partial charge in [-0.3, -0.25) is 0 Å². The molecule has 0 unspecified atom stereocenters. The Morgan fingerprint density at radius 3 is 2.33 bits per heavy atom. The second-order valence-electron chi connectivity index (χ2n) is 4.63. The molecular formula is C12H21N3. The summed E-state index contributed by atoms with van der Waals surface area (Å²) in [6, 6.07) is 1.90. The smallest absolute Gasteiger partial charge is 0.129 e. The van der Waals surface area contributed by atoms with Gasteiger partial charge in [0.05, 0.1) is 0 Å². The Morgan fingerprint density at radius 1 is 1.20 bits per heavy atom. The Morgan fingerprint density at radius 2 is 1.87 bits per heavy atom. The van der Waals surface area contributed by atoms with Gasteiger partial charge < -0.3 is 5.32 Å². The molecule has 1 rings (SSSR count). The highest BCUT2D eigenvalue weighted by atomic mass is 15.0. The van der Waals surface area contributed by atoms with Crippen molar-refractivity contribution in [3.05, 3.63) is 18.6 Å². The van der Waals surface area contributed by atoms with Gasteiger partial charge in [0.1, 0.15) is 12.1 Å². The van der Waals surface area contributed by atoms with E-state index in [-0.39, 0.29) is 0 Å². The number of hydrogen-bond acceptors (Lipinski definition) is 3. The molecule has 0 aliphatic carbocycles. The Bertz CT molecular complexity index is 261. The van der Waals surface area contributed by atoms with Crippen LogP contribution in [0.4, 0.5) is 5.82 Å². The van der Waals surface area contributed by atoms with Gasteiger partial charge >= 0.3 is 0 Å². The first-order valence-electron chi connectivity index (χ1n) is 5.61. The largest absolute Gasteiger partial charge is 0.370 e. The molecule has 0 spiro atoms. The molecule has 84 valence electrons. The molecule has 0 fully saturated rings. The van der Waals surface area contributed by atoms with E-state index in [1.54, 1.807) is 12.5 Å². The molecule has 0 bridgehead atoms. The van der Waals surface area contributed by atoms with Gasteiger partial charge in [0.2, 0.25) is 0 Å². The Kier molecular flexibility index (Phi) is 4.53. The summed E-state index contributed by atoms with van der Waals surface area (Å²) in [5.41, 5.74) is 0. The summed E-state index contributed by atoms with van der Waals surface area (Å²) < 4.78 is 0. The van der Waals surface area contributed by atoms with Crippen LogP contribution in [0.3, 0.4) is 0 Å². The molecule has 3 nitrogen and oxygen atoms in total. The van der Waals surface area contributed by atoms with Gasteiger partial charge in [0, 0.05) is 12.7 Å². The quantitative estimate of drug-likeness (QED) is 0.806. The van der Waals surface area contributed by atoms with Crippen LogP contribution in [0.1, 0.15) is 27.7 Å². The third-order valence-corrected chi connectivity index (χ3v) is 2.81. The summed E-state index contributed by atoms with van der Waals surface area (Å²) in [5, 5.41) is 3.36. The zero-order valence-corrected chi connectivity index (χ0v) is 10.1.